The van der Waals surface area contributed by atoms with E-state index in [0.717, 1.165) is 25.9 Å². The molecule has 1 heterocycles. The van der Waals surface area contributed by atoms with Crippen LogP contribution in [0.25, 0.3) is 0 Å². The van der Waals surface area contributed by atoms with Crippen molar-refractivity contribution in [3.8, 4) is 5.75 Å². The Morgan fingerprint density at radius 3 is 2.62 bits per heavy atom. The quantitative estimate of drug-likeness (QED) is 0.865. The lowest BCUT2D eigenvalue weighted by Crippen LogP contribution is -2.26. The van der Waals surface area contributed by atoms with Crippen LogP contribution in [-0.2, 0) is 0 Å². The van der Waals surface area contributed by atoms with Crippen molar-refractivity contribution in [1.29, 1.82) is 0 Å². The van der Waals surface area contributed by atoms with E-state index >= 15 is 0 Å². The molecule has 0 bridgehead atoms. The lowest BCUT2D eigenvalue weighted by Gasteiger charge is -2.23. The van der Waals surface area contributed by atoms with Gasteiger partial charge in [0.1, 0.15) is 0 Å². The van der Waals surface area contributed by atoms with Gasteiger partial charge in [-0.15, -0.1) is 12.4 Å². The topological polar surface area (TPSA) is 21.3 Å². The maximum atomic E-state index is 13.2. The predicted octanol–water partition coefficient (Wildman–Crippen LogP) is 2.72. The lowest BCUT2D eigenvalue weighted by atomic mass is 9.90. The third kappa shape index (κ3) is 2.86. The molecule has 1 aromatic rings. The fourth-order valence-corrected chi connectivity index (χ4v) is 2.09. The minimum absolute atomic E-state index is 0. The maximum absolute atomic E-state index is 13.2. The Bertz CT molecular complexity index is 340. The van der Waals surface area contributed by atoms with Crippen LogP contribution in [0.3, 0.4) is 0 Å². The summed E-state index contributed by atoms with van der Waals surface area (Å²) < 4.78 is 18.2. The van der Waals surface area contributed by atoms with E-state index in [1.807, 2.05) is 12.1 Å². The van der Waals surface area contributed by atoms with Gasteiger partial charge in [0.05, 0.1) is 7.11 Å². The van der Waals surface area contributed by atoms with Crippen LogP contribution in [0.15, 0.2) is 18.2 Å². The molecule has 1 N–H and O–H groups in total. The highest BCUT2D eigenvalue weighted by Gasteiger charge is 2.16. The smallest absolute Gasteiger partial charge is 0.165 e. The summed E-state index contributed by atoms with van der Waals surface area (Å²) in [6.07, 6.45) is 2.24. The Morgan fingerprint density at radius 2 is 2.00 bits per heavy atom. The molecule has 0 saturated carbocycles. The first-order valence-corrected chi connectivity index (χ1v) is 5.35. The highest BCUT2D eigenvalue weighted by molar-refractivity contribution is 5.85. The molecule has 0 unspecified atom stereocenters. The van der Waals surface area contributed by atoms with Gasteiger partial charge in [0.15, 0.2) is 11.6 Å². The van der Waals surface area contributed by atoms with Gasteiger partial charge < -0.3 is 10.1 Å². The van der Waals surface area contributed by atoms with Crippen LogP contribution in [0.4, 0.5) is 4.39 Å². The molecule has 16 heavy (non-hydrogen) atoms. The van der Waals surface area contributed by atoms with E-state index in [0.29, 0.717) is 11.7 Å². The molecule has 0 amide bonds. The molecular weight excluding hydrogens is 229 g/mol. The summed E-state index contributed by atoms with van der Waals surface area (Å²) in [5.41, 5.74) is 1.19. The first kappa shape index (κ1) is 13.3. The van der Waals surface area contributed by atoms with Crippen LogP contribution in [0.2, 0.25) is 0 Å². The minimum Gasteiger partial charge on any atom is -0.494 e. The van der Waals surface area contributed by atoms with E-state index in [9.17, 15) is 4.39 Å². The van der Waals surface area contributed by atoms with Crippen LogP contribution in [0, 0.1) is 5.82 Å². The zero-order chi connectivity index (χ0) is 10.7. The standard InChI is InChI=1S/C12H16FNO.ClH/c1-15-12-8-10(2-3-11(12)13)9-4-6-14-7-5-9;/h2-3,8-9,14H,4-7H2,1H3;1H. The monoisotopic (exact) mass is 245 g/mol. The largest absolute Gasteiger partial charge is 0.494 e. The van der Waals surface area contributed by atoms with E-state index in [-0.39, 0.29) is 18.2 Å². The van der Waals surface area contributed by atoms with Gasteiger partial charge in [-0.05, 0) is 49.5 Å². The molecule has 4 heteroatoms. The van der Waals surface area contributed by atoms with Crippen molar-refractivity contribution in [2.45, 2.75) is 18.8 Å². The van der Waals surface area contributed by atoms with Crippen molar-refractivity contribution in [2.75, 3.05) is 20.2 Å². The molecule has 0 spiro atoms. The molecule has 2 rings (SSSR count). The highest BCUT2D eigenvalue weighted by Crippen LogP contribution is 2.29. The molecule has 1 fully saturated rings. The number of halogens is 2. The average Bonchev–Trinajstić information content (AvgIpc) is 2.31. The molecule has 1 aromatic carbocycles. The summed E-state index contributed by atoms with van der Waals surface area (Å²) in [4.78, 5) is 0. The van der Waals surface area contributed by atoms with Gasteiger partial charge in [0.2, 0.25) is 0 Å². The van der Waals surface area contributed by atoms with Crippen LogP contribution >= 0.6 is 12.4 Å². The Morgan fingerprint density at radius 1 is 1.31 bits per heavy atom. The van der Waals surface area contributed by atoms with E-state index in [4.69, 9.17) is 4.74 Å². The van der Waals surface area contributed by atoms with Crippen LogP contribution in [0.5, 0.6) is 5.75 Å². The molecule has 2 nitrogen and oxygen atoms in total. The number of rotatable bonds is 2. The van der Waals surface area contributed by atoms with E-state index < -0.39 is 0 Å². The molecule has 90 valence electrons. The average molecular weight is 246 g/mol. The number of hydrogen-bond donors (Lipinski definition) is 1. The minimum atomic E-state index is -0.282. The van der Waals surface area contributed by atoms with Crippen LogP contribution in [-0.4, -0.2) is 20.2 Å². The van der Waals surface area contributed by atoms with Crippen molar-refractivity contribution in [3.63, 3.8) is 0 Å². The molecule has 0 radical (unpaired) electrons. The van der Waals surface area contributed by atoms with Gasteiger partial charge >= 0.3 is 0 Å². The Balaban J connectivity index is 0.00000128. The molecule has 0 aromatic heterocycles. The van der Waals surface area contributed by atoms with Crippen molar-refractivity contribution >= 4 is 12.4 Å². The Kier molecular flexibility index (Phi) is 5.03. The number of piperidine rings is 1. The number of benzene rings is 1. The molecule has 0 aliphatic carbocycles. The summed E-state index contributed by atoms with van der Waals surface area (Å²) >= 11 is 0. The molecular formula is C12H17ClFNO. The van der Waals surface area contributed by atoms with E-state index in [2.05, 4.69) is 5.32 Å². The SMILES string of the molecule is COc1cc(C2CCNCC2)ccc1F.Cl. The van der Waals surface area contributed by atoms with E-state index in [1.54, 1.807) is 0 Å². The number of hydrogen-bond acceptors (Lipinski definition) is 2. The van der Waals surface area contributed by atoms with Gasteiger partial charge in [-0.25, -0.2) is 4.39 Å². The second kappa shape index (κ2) is 6.06. The second-order valence-corrected chi connectivity index (χ2v) is 3.92. The number of nitrogens with one attached hydrogen (secondary N) is 1. The third-order valence-electron chi connectivity index (χ3n) is 2.99. The van der Waals surface area contributed by atoms with E-state index in [1.165, 1.54) is 18.7 Å². The zero-order valence-electron chi connectivity index (χ0n) is 9.33. The lowest BCUT2D eigenvalue weighted by molar-refractivity contribution is 0.383. The third-order valence-corrected chi connectivity index (χ3v) is 2.99. The summed E-state index contributed by atoms with van der Waals surface area (Å²) in [7, 11) is 1.50. The van der Waals surface area contributed by atoms with Crippen LogP contribution in [0.1, 0.15) is 24.3 Å². The fraction of sp³-hybridized carbons (Fsp3) is 0.500. The zero-order valence-corrected chi connectivity index (χ0v) is 10.1. The summed E-state index contributed by atoms with van der Waals surface area (Å²) in [6, 6.07) is 5.19. The van der Waals surface area contributed by atoms with Crippen molar-refractivity contribution in [3.05, 3.63) is 29.6 Å². The van der Waals surface area contributed by atoms with Gasteiger partial charge in [-0.3, -0.25) is 0 Å². The highest BCUT2D eigenvalue weighted by atomic mass is 35.5. The van der Waals surface area contributed by atoms with Gasteiger partial charge in [-0.1, -0.05) is 6.07 Å². The normalized spacial score (nSPS) is 16.6. The van der Waals surface area contributed by atoms with Crippen LogP contribution < -0.4 is 10.1 Å². The second-order valence-electron chi connectivity index (χ2n) is 3.92. The first-order valence-electron chi connectivity index (χ1n) is 5.35. The van der Waals surface area contributed by atoms with Crippen molar-refractivity contribution in [1.82, 2.24) is 5.32 Å². The van der Waals surface area contributed by atoms with Crippen molar-refractivity contribution in [2.24, 2.45) is 0 Å². The molecule has 0 atom stereocenters. The fourth-order valence-electron chi connectivity index (χ4n) is 2.09. The first-order chi connectivity index (χ1) is 7.31. The van der Waals surface area contributed by atoms with Crippen molar-refractivity contribution < 1.29 is 9.13 Å². The van der Waals surface area contributed by atoms with Gasteiger partial charge in [0, 0.05) is 0 Å². The predicted molar refractivity (Wildman–Crippen MR) is 65.0 cm³/mol. The van der Waals surface area contributed by atoms with Gasteiger partial charge in [-0.2, -0.15) is 0 Å². The number of methoxy groups -OCH3 is 1. The maximum Gasteiger partial charge on any atom is 0.165 e. The summed E-state index contributed by atoms with van der Waals surface area (Å²) in [5, 5.41) is 3.32. The summed E-state index contributed by atoms with van der Waals surface area (Å²) in [5.74, 6) is 0.613. The summed E-state index contributed by atoms with van der Waals surface area (Å²) in [6.45, 7) is 2.09. The number of ether oxygens (including phenoxy) is 1. The van der Waals surface area contributed by atoms with Gasteiger partial charge in [0.25, 0.3) is 0 Å². The Labute approximate surface area is 102 Å². The molecule has 1 aliphatic rings. The Hall–Kier alpha value is -0.800. The molecule has 1 aliphatic heterocycles. The molecule has 1 saturated heterocycles.